The summed E-state index contributed by atoms with van der Waals surface area (Å²) in [6, 6.07) is 10.5. The molecular formula is C17H23NO3. The molecule has 114 valence electrons. The average Bonchev–Trinajstić information content (AvgIpc) is 3.03. The Hall–Kier alpha value is -1.20. The Labute approximate surface area is 126 Å². The fraction of sp³-hybridized carbons (Fsp3) is 0.529. The molecule has 0 amide bonds. The van der Waals surface area contributed by atoms with E-state index in [9.17, 15) is 0 Å². The van der Waals surface area contributed by atoms with Gasteiger partial charge in [-0.2, -0.15) is 5.06 Å². The molecule has 0 radical (unpaired) electrons. The van der Waals surface area contributed by atoms with Crippen molar-refractivity contribution < 1.29 is 14.3 Å². The van der Waals surface area contributed by atoms with Crippen molar-refractivity contribution in [3.8, 4) is 0 Å². The van der Waals surface area contributed by atoms with Crippen LogP contribution in [0.5, 0.6) is 0 Å². The van der Waals surface area contributed by atoms with Crippen LogP contribution in [0.4, 0.5) is 0 Å². The maximum Gasteiger partial charge on any atom is 0.163 e. The van der Waals surface area contributed by atoms with Gasteiger partial charge in [0.1, 0.15) is 6.10 Å². The standard InChI is InChI=1S/C17H23NO3/c1-4-14-10-15(16-12-19-17(2,3)20-16)18(21-14)11-13-8-6-5-7-9-13/h4-9,14-16H,1,10-12H2,2-3H3/t14-,15-,16+/m0/s1. The van der Waals surface area contributed by atoms with E-state index in [1.54, 1.807) is 0 Å². The van der Waals surface area contributed by atoms with Crippen molar-refractivity contribution in [1.82, 2.24) is 5.06 Å². The molecule has 2 fully saturated rings. The lowest BCUT2D eigenvalue weighted by Crippen LogP contribution is -2.40. The Kier molecular flexibility index (Phi) is 4.13. The van der Waals surface area contributed by atoms with Crippen molar-refractivity contribution in [2.75, 3.05) is 6.61 Å². The minimum Gasteiger partial charge on any atom is -0.348 e. The predicted octanol–water partition coefficient (Wildman–Crippen LogP) is 2.90. The zero-order valence-corrected chi connectivity index (χ0v) is 12.7. The highest BCUT2D eigenvalue weighted by Gasteiger charge is 2.44. The summed E-state index contributed by atoms with van der Waals surface area (Å²) in [7, 11) is 0. The van der Waals surface area contributed by atoms with Gasteiger partial charge in [0.05, 0.1) is 18.8 Å². The van der Waals surface area contributed by atoms with Crippen LogP contribution in [0.1, 0.15) is 25.8 Å². The lowest BCUT2D eigenvalue weighted by Gasteiger charge is -2.27. The van der Waals surface area contributed by atoms with Crippen molar-refractivity contribution in [3.05, 3.63) is 48.6 Å². The highest BCUT2D eigenvalue weighted by molar-refractivity contribution is 5.14. The van der Waals surface area contributed by atoms with Crippen LogP contribution in [0.2, 0.25) is 0 Å². The summed E-state index contributed by atoms with van der Waals surface area (Å²) in [6.07, 6.45) is 2.83. The van der Waals surface area contributed by atoms with E-state index in [-0.39, 0.29) is 18.2 Å². The minimum atomic E-state index is -0.505. The highest BCUT2D eigenvalue weighted by atomic mass is 16.8. The van der Waals surface area contributed by atoms with Crippen LogP contribution >= 0.6 is 0 Å². The Balaban J connectivity index is 1.72. The third-order valence-electron chi connectivity index (χ3n) is 4.02. The van der Waals surface area contributed by atoms with E-state index in [4.69, 9.17) is 14.3 Å². The largest absolute Gasteiger partial charge is 0.348 e. The van der Waals surface area contributed by atoms with Crippen molar-refractivity contribution in [2.24, 2.45) is 0 Å². The molecule has 3 rings (SSSR count). The zero-order valence-electron chi connectivity index (χ0n) is 12.7. The summed E-state index contributed by atoms with van der Waals surface area (Å²) < 4.78 is 11.7. The monoisotopic (exact) mass is 289 g/mol. The number of benzene rings is 1. The first-order valence-electron chi connectivity index (χ1n) is 7.49. The van der Waals surface area contributed by atoms with Gasteiger partial charge < -0.3 is 9.47 Å². The summed E-state index contributed by atoms with van der Waals surface area (Å²) in [6.45, 7) is 9.11. The highest BCUT2D eigenvalue weighted by Crippen LogP contribution is 2.33. The number of hydrogen-bond acceptors (Lipinski definition) is 4. The number of ether oxygens (including phenoxy) is 2. The molecule has 0 bridgehead atoms. The Morgan fingerprint density at radius 2 is 2.10 bits per heavy atom. The van der Waals surface area contributed by atoms with Crippen molar-refractivity contribution >= 4 is 0 Å². The lowest BCUT2D eigenvalue weighted by atomic mass is 10.0. The first-order valence-corrected chi connectivity index (χ1v) is 7.49. The quantitative estimate of drug-likeness (QED) is 0.798. The second-order valence-corrected chi connectivity index (χ2v) is 6.11. The van der Waals surface area contributed by atoms with Crippen LogP contribution in [-0.4, -0.2) is 35.7 Å². The molecule has 3 atom stereocenters. The third-order valence-corrected chi connectivity index (χ3v) is 4.02. The Bertz CT molecular complexity index is 488. The molecule has 4 heteroatoms. The van der Waals surface area contributed by atoms with Crippen LogP contribution in [0.3, 0.4) is 0 Å². The fourth-order valence-electron chi connectivity index (χ4n) is 2.95. The van der Waals surface area contributed by atoms with Gasteiger partial charge in [0.25, 0.3) is 0 Å². The van der Waals surface area contributed by atoms with E-state index in [0.717, 1.165) is 13.0 Å². The smallest absolute Gasteiger partial charge is 0.163 e. The Morgan fingerprint density at radius 3 is 2.71 bits per heavy atom. The summed E-state index contributed by atoms with van der Waals surface area (Å²) in [5.74, 6) is -0.505. The van der Waals surface area contributed by atoms with Crippen LogP contribution in [0.15, 0.2) is 43.0 Å². The molecule has 1 aromatic carbocycles. The second kappa shape index (κ2) is 5.89. The molecule has 1 aromatic rings. The topological polar surface area (TPSA) is 30.9 Å². The number of rotatable bonds is 4. The van der Waals surface area contributed by atoms with Crippen LogP contribution < -0.4 is 0 Å². The van der Waals surface area contributed by atoms with Gasteiger partial charge in [-0.3, -0.25) is 4.84 Å². The van der Waals surface area contributed by atoms with E-state index in [0.29, 0.717) is 6.61 Å². The minimum absolute atomic E-state index is 0.0358. The summed E-state index contributed by atoms with van der Waals surface area (Å²) in [4.78, 5) is 5.99. The van der Waals surface area contributed by atoms with E-state index in [2.05, 4.69) is 18.7 Å². The number of hydrogen-bond donors (Lipinski definition) is 0. The van der Waals surface area contributed by atoms with Gasteiger partial charge in [-0.1, -0.05) is 36.4 Å². The van der Waals surface area contributed by atoms with Gasteiger partial charge in [0, 0.05) is 6.54 Å². The molecule has 21 heavy (non-hydrogen) atoms. The molecular weight excluding hydrogens is 266 g/mol. The van der Waals surface area contributed by atoms with Crippen LogP contribution in [-0.2, 0) is 20.9 Å². The van der Waals surface area contributed by atoms with E-state index < -0.39 is 5.79 Å². The molecule has 2 saturated heterocycles. The van der Waals surface area contributed by atoms with Gasteiger partial charge in [-0.25, -0.2) is 0 Å². The normalized spacial score (nSPS) is 32.4. The lowest BCUT2D eigenvalue weighted by molar-refractivity contribution is -0.189. The van der Waals surface area contributed by atoms with E-state index in [1.165, 1.54) is 5.56 Å². The molecule has 2 aliphatic heterocycles. The van der Waals surface area contributed by atoms with Gasteiger partial charge in [-0.15, -0.1) is 6.58 Å². The van der Waals surface area contributed by atoms with Gasteiger partial charge in [0.15, 0.2) is 5.79 Å². The summed E-state index contributed by atoms with van der Waals surface area (Å²) in [5, 5.41) is 2.02. The van der Waals surface area contributed by atoms with Crippen molar-refractivity contribution in [1.29, 1.82) is 0 Å². The van der Waals surface area contributed by atoms with Gasteiger partial charge >= 0.3 is 0 Å². The van der Waals surface area contributed by atoms with E-state index in [1.807, 2.05) is 43.2 Å². The molecule has 0 spiro atoms. The average molecular weight is 289 g/mol. The van der Waals surface area contributed by atoms with Crippen molar-refractivity contribution in [3.63, 3.8) is 0 Å². The molecule has 0 aromatic heterocycles. The molecule has 0 unspecified atom stereocenters. The van der Waals surface area contributed by atoms with Crippen LogP contribution in [0.25, 0.3) is 0 Å². The molecule has 2 heterocycles. The third kappa shape index (κ3) is 3.35. The summed E-state index contributed by atoms with van der Waals surface area (Å²) >= 11 is 0. The second-order valence-electron chi connectivity index (χ2n) is 6.11. The van der Waals surface area contributed by atoms with Crippen molar-refractivity contribution in [2.45, 2.75) is 50.8 Å². The fourth-order valence-corrected chi connectivity index (χ4v) is 2.95. The number of hydroxylamine groups is 2. The molecule has 0 saturated carbocycles. The molecule has 2 aliphatic rings. The Morgan fingerprint density at radius 1 is 1.33 bits per heavy atom. The predicted molar refractivity (Wildman–Crippen MR) is 80.4 cm³/mol. The zero-order chi connectivity index (χ0) is 14.9. The SMILES string of the molecule is C=C[C@H]1C[C@@H]([C@H]2COC(C)(C)O2)N(Cc2ccccc2)O1. The summed E-state index contributed by atoms with van der Waals surface area (Å²) in [5.41, 5.74) is 1.23. The first kappa shape index (κ1) is 14.7. The van der Waals surface area contributed by atoms with E-state index >= 15 is 0 Å². The number of nitrogens with zero attached hydrogens (tertiary/aromatic N) is 1. The molecule has 0 aliphatic carbocycles. The van der Waals surface area contributed by atoms with Gasteiger partial charge in [0.2, 0.25) is 0 Å². The van der Waals surface area contributed by atoms with Crippen LogP contribution in [0, 0.1) is 0 Å². The maximum absolute atomic E-state index is 6.02. The molecule has 4 nitrogen and oxygen atoms in total. The van der Waals surface area contributed by atoms with Gasteiger partial charge in [-0.05, 0) is 25.8 Å². The first-order chi connectivity index (χ1) is 10.1. The molecule has 0 N–H and O–H groups in total. The maximum atomic E-state index is 6.02.